The summed E-state index contributed by atoms with van der Waals surface area (Å²) in [7, 11) is 0. The number of rotatable bonds is 2. The van der Waals surface area contributed by atoms with Crippen LogP contribution >= 0.6 is 69.6 Å². The van der Waals surface area contributed by atoms with Crippen molar-refractivity contribution in [3.05, 3.63) is 54.4 Å². The van der Waals surface area contributed by atoms with Gasteiger partial charge in [-0.2, -0.15) is 0 Å². The van der Waals surface area contributed by atoms with Crippen LogP contribution in [0.5, 0.6) is 11.5 Å². The zero-order valence-corrected chi connectivity index (χ0v) is 14.8. The Morgan fingerprint density at radius 2 is 0.909 bits per heavy atom. The lowest BCUT2D eigenvalue weighted by Gasteiger charge is -2.11. The summed E-state index contributed by atoms with van der Waals surface area (Å²) in [6.45, 7) is 0. The van der Waals surface area contributed by atoms with Crippen LogP contribution in [0.2, 0.25) is 30.1 Å². The van der Waals surface area contributed by atoms with E-state index in [0.717, 1.165) is 0 Å². The molecule has 0 saturated carbocycles. The Hall–Kier alpha value is -0.550. The van der Waals surface area contributed by atoms with Crippen LogP contribution in [0.1, 0.15) is 0 Å². The van der Waals surface area contributed by atoms with E-state index in [1.165, 1.54) is 24.3 Å². The maximum Gasteiger partial charge on any atom is 0.519 e. The topological polar surface area (TPSA) is 35.5 Å². The van der Waals surface area contributed by atoms with Crippen molar-refractivity contribution < 1.29 is 14.3 Å². The first-order valence-electron chi connectivity index (χ1n) is 5.46. The van der Waals surface area contributed by atoms with Crippen molar-refractivity contribution in [1.29, 1.82) is 0 Å². The van der Waals surface area contributed by atoms with Crippen molar-refractivity contribution in [3.8, 4) is 11.5 Å². The fourth-order valence-electron chi connectivity index (χ4n) is 1.44. The second-order valence-corrected chi connectivity index (χ2v) is 6.35. The van der Waals surface area contributed by atoms with E-state index in [-0.39, 0.29) is 31.6 Å². The molecule has 0 fully saturated rings. The zero-order chi connectivity index (χ0) is 16.4. The average Bonchev–Trinajstić information content (AvgIpc) is 2.38. The van der Waals surface area contributed by atoms with Crippen molar-refractivity contribution in [3.63, 3.8) is 0 Å². The standard InChI is InChI=1S/C13H4Cl6O3/c14-5-1-7(16)11(8(17)2-5)21-13(20)22-12-9(18)3-6(15)4-10(12)19/h1-4H. The largest absolute Gasteiger partial charge is 0.519 e. The van der Waals surface area contributed by atoms with Crippen LogP contribution in [-0.4, -0.2) is 6.16 Å². The zero-order valence-electron chi connectivity index (χ0n) is 10.3. The van der Waals surface area contributed by atoms with Gasteiger partial charge in [0.1, 0.15) is 0 Å². The van der Waals surface area contributed by atoms with Crippen LogP contribution in [-0.2, 0) is 0 Å². The molecule has 2 rings (SSSR count). The summed E-state index contributed by atoms with van der Waals surface area (Å²) in [5.74, 6) is -0.196. The maximum atomic E-state index is 11.8. The van der Waals surface area contributed by atoms with E-state index < -0.39 is 6.16 Å². The van der Waals surface area contributed by atoms with E-state index in [1.807, 2.05) is 0 Å². The molecule has 0 atom stereocenters. The summed E-state index contributed by atoms with van der Waals surface area (Å²) in [5.41, 5.74) is 0. The van der Waals surface area contributed by atoms with Gasteiger partial charge in [-0.1, -0.05) is 69.6 Å². The number of hydrogen-bond acceptors (Lipinski definition) is 3. The highest BCUT2D eigenvalue weighted by molar-refractivity contribution is 6.41. The van der Waals surface area contributed by atoms with Gasteiger partial charge >= 0.3 is 6.16 Å². The number of ether oxygens (including phenoxy) is 2. The number of benzene rings is 2. The minimum atomic E-state index is -1.13. The smallest absolute Gasteiger partial charge is 0.392 e. The third-order valence-corrected chi connectivity index (χ3v) is 3.86. The van der Waals surface area contributed by atoms with Gasteiger partial charge in [-0.25, -0.2) is 4.79 Å². The third-order valence-electron chi connectivity index (χ3n) is 2.30. The Morgan fingerprint density at radius 1 is 0.636 bits per heavy atom. The van der Waals surface area contributed by atoms with Crippen LogP contribution in [0.15, 0.2) is 24.3 Å². The Morgan fingerprint density at radius 3 is 1.18 bits per heavy atom. The molecule has 116 valence electrons. The van der Waals surface area contributed by atoms with E-state index in [4.69, 9.17) is 79.1 Å². The second-order valence-electron chi connectivity index (χ2n) is 3.85. The van der Waals surface area contributed by atoms with Gasteiger partial charge in [0.05, 0.1) is 20.1 Å². The molecule has 2 aromatic carbocycles. The lowest BCUT2D eigenvalue weighted by molar-refractivity contribution is 0.152. The molecule has 9 heteroatoms. The molecule has 0 N–H and O–H groups in total. The minimum absolute atomic E-state index is 0.0442. The lowest BCUT2D eigenvalue weighted by Crippen LogP contribution is -2.14. The molecule has 3 nitrogen and oxygen atoms in total. The summed E-state index contributed by atoms with van der Waals surface area (Å²) in [5, 5.41) is 0.759. The monoisotopic (exact) mass is 418 g/mol. The third kappa shape index (κ3) is 4.25. The highest BCUT2D eigenvalue weighted by Crippen LogP contribution is 2.38. The molecular formula is C13H4Cl6O3. The summed E-state index contributed by atoms with van der Waals surface area (Å²) >= 11 is 35.1. The van der Waals surface area contributed by atoms with E-state index in [2.05, 4.69) is 0 Å². The van der Waals surface area contributed by atoms with Crippen molar-refractivity contribution in [1.82, 2.24) is 0 Å². The molecule has 2 aromatic rings. The van der Waals surface area contributed by atoms with Gasteiger partial charge in [-0.15, -0.1) is 0 Å². The summed E-state index contributed by atoms with van der Waals surface area (Å²) < 4.78 is 9.88. The van der Waals surface area contributed by atoms with Gasteiger partial charge in [0.2, 0.25) is 0 Å². The molecule has 0 heterocycles. The van der Waals surface area contributed by atoms with E-state index >= 15 is 0 Å². The molecule has 0 radical (unpaired) electrons. The van der Waals surface area contributed by atoms with Crippen LogP contribution in [0.4, 0.5) is 4.79 Å². The highest BCUT2D eigenvalue weighted by Gasteiger charge is 2.18. The van der Waals surface area contributed by atoms with Crippen LogP contribution in [0.3, 0.4) is 0 Å². The molecule has 0 amide bonds. The van der Waals surface area contributed by atoms with E-state index in [1.54, 1.807) is 0 Å². The first-order valence-corrected chi connectivity index (χ1v) is 7.73. The summed E-state index contributed by atoms with van der Waals surface area (Å²) in [6.07, 6.45) is -1.13. The van der Waals surface area contributed by atoms with Gasteiger partial charge < -0.3 is 9.47 Å². The van der Waals surface area contributed by atoms with Gasteiger partial charge in [0.25, 0.3) is 0 Å². The number of halogens is 6. The molecule has 0 aliphatic rings. The Balaban J connectivity index is 2.22. The van der Waals surface area contributed by atoms with Crippen molar-refractivity contribution in [2.24, 2.45) is 0 Å². The molecule has 0 spiro atoms. The quantitative estimate of drug-likeness (QED) is 0.381. The Kier molecular flexibility index (Phi) is 5.94. The number of carbonyl (C=O) groups excluding carboxylic acids is 1. The molecule has 0 aliphatic heterocycles. The molecule has 0 aliphatic carbocycles. The van der Waals surface area contributed by atoms with Gasteiger partial charge in [0.15, 0.2) is 11.5 Å². The second kappa shape index (κ2) is 7.35. The molecule has 0 bridgehead atoms. The normalized spacial score (nSPS) is 10.5. The number of carbonyl (C=O) groups is 1. The first kappa shape index (κ1) is 17.8. The molecule has 0 saturated heterocycles. The fraction of sp³-hybridized carbons (Fsp3) is 0. The highest BCUT2D eigenvalue weighted by atomic mass is 35.5. The Bertz CT molecular complexity index is 639. The van der Waals surface area contributed by atoms with Crippen molar-refractivity contribution in [2.45, 2.75) is 0 Å². The van der Waals surface area contributed by atoms with Crippen LogP contribution in [0, 0.1) is 0 Å². The maximum absolute atomic E-state index is 11.8. The van der Waals surface area contributed by atoms with Crippen molar-refractivity contribution >= 4 is 75.8 Å². The predicted molar refractivity (Wildman–Crippen MR) is 89.6 cm³/mol. The molecular weight excluding hydrogens is 417 g/mol. The van der Waals surface area contributed by atoms with Gasteiger partial charge in [-0.3, -0.25) is 0 Å². The minimum Gasteiger partial charge on any atom is -0.392 e. The van der Waals surface area contributed by atoms with Crippen molar-refractivity contribution in [2.75, 3.05) is 0 Å². The predicted octanol–water partition coefficient (Wildman–Crippen LogP) is 7.18. The van der Waals surface area contributed by atoms with Gasteiger partial charge in [-0.05, 0) is 24.3 Å². The average molecular weight is 421 g/mol. The molecule has 0 unspecified atom stereocenters. The van der Waals surface area contributed by atoms with E-state index in [0.29, 0.717) is 10.0 Å². The Labute approximate surface area is 155 Å². The van der Waals surface area contributed by atoms with E-state index in [9.17, 15) is 4.79 Å². The molecule has 22 heavy (non-hydrogen) atoms. The molecule has 0 aromatic heterocycles. The van der Waals surface area contributed by atoms with Crippen LogP contribution < -0.4 is 9.47 Å². The summed E-state index contributed by atoms with van der Waals surface area (Å²) in [4.78, 5) is 11.8. The van der Waals surface area contributed by atoms with Crippen LogP contribution in [0.25, 0.3) is 0 Å². The van der Waals surface area contributed by atoms with Gasteiger partial charge in [0, 0.05) is 10.0 Å². The summed E-state index contributed by atoms with van der Waals surface area (Å²) in [6, 6.07) is 5.44. The first-order chi connectivity index (χ1) is 10.3. The SMILES string of the molecule is O=C(Oc1c(Cl)cc(Cl)cc1Cl)Oc1c(Cl)cc(Cl)cc1Cl. The lowest BCUT2D eigenvalue weighted by atomic mass is 10.3. The number of hydrogen-bond donors (Lipinski definition) is 0. The fourth-order valence-corrected chi connectivity index (χ4v) is 3.23.